The maximum Gasteiger partial charge on any atom is 0.326 e. The molecule has 0 heterocycles. The van der Waals surface area contributed by atoms with Gasteiger partial charge < -0.3 is 64.0 Å². The highest BCUT2D eigenvalue weighted by Crippen LogP contribution is 2.10. The van der Waals surface area contributed by atoms with E-state index in [1.165, 1.54) is 13.8 Å². The predicted molar refractivity (Wildman–Crippen MR) is 222 cm³/mol. The van der Waals surface area contributed by atoms with E-state index in [0.717, 1.165) is 0 Å². The van der Waals surface area contributed by atoms with Gasteiger partial charge >= 0.3 is 17.9 Å². The summed E-state index contributed by atoms with van der Waals surface area (Å²) in [6.45, 7) is 9.33. The van der Waals surface area contributed by atoms with Crippen molar-refractivity contribution >= 4 is 65.2 Å². The zero-order valence-electron chi connectivity index (χ0n) is 36.1. The third kappa shape index (κ3) is 20.6. The summed E-state index contributed by atoms with van der Waals surface area (Å²) in [5, 5.41) is 44.6. The van der Waals surface area contributed by atoms with Gasteiger partial charge in [-0.15, -0.1) is 0 Å². The summed E-state index contributed by atoms with van der Waals surface area (Å²) in [4.78, 5) is 139. The number of carboxylic acid groups (broad SMARTS) is 3. The number of nitrogens with two attached hydrogens (primary N) is 2. The molecule has 0 aromatic heterocycles. The van der Waals surface area contributed by atoms with E-state index in [0.29, 0.717) is 5.56 Å². The average Bonchev–Trinajstić information content (AvgIpc) is 3.19. The van der Waals surface area contributed by atoms with E-state index in [2.05, 4.69) is 37.2 Å². The molecule has 8 amide bonds. The second kappa shape index (κ2) is 26.6. The Bertz CT molecular complexity index is 1810. The van der Waals surface area contributed by atoms with Crippen LogP contribution in [0, 0.1) is 11.8 Å². The Morgan fingerprint density at radius 1 is 0.524 bits per heavy atom. The lowest BCUT2D eigenvalue weighted by Gasteiger charge is -2.27. The second-order valence-electron chi connectivity index (χ2n) is 15.7. The van der Waals surface area contributed by atoms with Crippen LogP contribution in [0.3, 0.4) is 0 Å². The molecule has 14 N–H and O–H groups in total. The number of aliphatic carboxylic acids is 3. The summed E-state index contributed by atoms with van der Waals surface area (Å²) < 4.78 is 0. The van der Waals surface area contributed by atoms with Crippen molar-refractivity contribution in [1.29, 1.82) is 0 Å². The Labute approximate surface area is 364 Å². The molecule has 350 valence electrons. The molecule has 0 aliphatic rings. The van der Waals surface area contributed by atoms with Crippen LogP contribution < -0.4 is 48.7 Å². The molecule has 1 rings (SSSR count). The van der Waals surface area contributed by atoms with E-state index in [-0.39, 0.29) is 24.7 Å². The highest BCUT2D eigenvalue weighted by Gasteiger charge is 2.34. The van der Waals surface area contributed by atoms with E-state index in [1.807, 2.05) is 0 Å². The molecular weight excluding hydrogens is 830 g/mol. The number of benzene rings is 1. The van der Waals surface area contributed by atoms with E-state index < -0.39 is 146 Å². The fraction of sp³-hybridized carbons (Fsp3) is 0.575. The highest BCUT2D eigenvalue weighted by molar-refractivity contribution is 5.98. The number of nitrogens with one attached hydrogen (secondary N) is 7. The van der Waals surface area contributed by atoms with Crippen molar-refractivity contribution in [3.63, 3.8) is 0 Å². The number of carbonyl (C=O) groups is 11. The molecule has 23 nitrogen and oxygen atoms in total. The fourth-order valence-electron chi connectivity index (χ4n) is 5.70. The van der Waals surface area contributed by atoms with Gasteiger partial charge in [-0.3, -0.25) is 47.9 Å². The van der Waals surface area contributed by atoms with E-state index in [1.54, 1.807) is 58.0 Å². The number of primary amides is 1. The van der Waals surface area contributed by atoms with Crippen LogP contribution in [-0.2, 0) is 59.2 Å². The lowest BCUT2D eigenvalue weighted by Crippen LogP contribution is -2.60. The zero-order valence-corrected chi connectivity index (χ0v) is 36.1. The monoisotopic (exact) mass is 891 g/mol. The van der Waals surface area contributed by atoms with Gasteiger partial charge in [0.2, 0.25) is 47.3 Å². The first-order valence-electron chi connectivity index (χ1n) is 20.2. The second-order valence-corrected chi connectivity index (χ2v) is 15.7. The number of amides is 8. The average molecular weight is 892 g/mol. The number of hydrogen-bond donors (Lipinski definition) is 12. The molecule has 1 aromatic rings. The molecule has 0 radical (unpaired) electrons. The van der Waals surface area contributed by atoms with Gasteiger partial charge in [-0.25, -0.2) is 4.79 Å². The molecule has 23 heteroatoms. The van der Waals surface area contributed by atoms with Gasteiger partial charge in [-0.2, -0.15) is 0 Å². The van der Waals surface area contributed by atoms with Gasteiger partial charge in [0, 0.05) is 19.3 Å². The first kappa shape index (κ1) is 54.4. The molecule has 8 atom stereocenters. The normalized spacial score (nSPS) is 14.8. The number of carbonyl (C=O) groups excluding carboxylic acids is 8. The Morgan fingerprint density at radius 2 is 0.937 bits per heavy atom. The Kier molecular flexibility index (Phi) is 23.0. The van der Waals surface area contributed by atoms with Crippen LogP contribution in [0.2, 0.25) is 0 Å². The van der Waals surface area contributed by atoms with Crippen molar-refractivity contribution in [2.24, 2.45) is 23.3 Å². The number of carboxylic acids is 3. The molecule has 0 bridgehead atoms. The van der Waals surface area contributed by atoms with Gasteiger partial charge in [0.15, 0.2) is 0 Å². The van der Waals surface area contributed by atoms with Crippen LogP contribution >= 0.6 is 0 Å². The summed E-state index contributed by atoms with van der Waals surface area (Å²) in [5.74, 6) is -12.0. The maximum absolute atomic E-state index is 13.6. The number of rotatable bonds is 28. The molecule has 0 fully saturated rings. The topological polar surface area (TPSA) is 385 Å². The predicted octanol–water partition coefficient (Wildman–Crippen LogP) is -2.62. The Balaban J connectivity index is 3.17. The molecule has 1 aromatic carbocycles. The van der Waals surface area contributed by atoms with Gasteiger partial charge in [0.05, 0.1) is 12.5 Å². The molecule has 63 heavy (non-hydrogen) atoms. The summed E-state index contributed by atoms with van der Waals surface area (Å²) in [6, 6.07) is -3.08. The van der Waals surface area contributed by atoms with E-state index in [4.69, 9.17) is 16.6 Å². The lowest BCUT2D eigenvalue weighted by atomic mass is 10.0. The summed E-state index contributed by atoms with van der Waals surface area (Å²) >= 11 is 0. The third-order valence-corrected chi connectivity index (χ3v) is 9.36. The standard InChI is InChI=1S/C40H61N9O14/c1-19(2)16-26(47-38(60)28(18-29(41)50)49-39(61)32(42)20(3)4)36(58)44-21(5)33(55)43-22(6)34(56)45-24(12-14-30(51)52)35(57)48-27(17-23-10-8-7-9-11-23)37(59)46-25(40(62)63)13-15-31(53)54/h7-11,19-22,24-28,32H,12-18,42H2,1-6H3,(H2,41,50)(H,43,55)(H,44,58)(H,45,56)(H,46,59)(H,47,60)(H,48,57)(H,49,61)(H,51,52)(H,53,54)(H,62,63)/t21-,22-,24-,25-,26-,27-,28-,32-/m0/s1. The zero-order chi connectivity index (χ0) is 48.1. The van der Waals surface area contributed by atoms with Gasteiger partial charge in [-0.1, -0.05) is 58.0 Å². The third-order valence-electron chi connectivity index (χ3n) is 9.36. The van der Waals surface area contributed by atoms with Crippen molar-refractivity contribution in [2.75, 3.05) is 0 Å². The quantitative estimate of drug-likeness (QED) is 0.0410. The van der Waals surface area contributed by atoms with Crippen LogP contribution in [0.15, 0.2) is 30.3 Å². The highest BCUT2D eigenvalue weighted by atomic mass is 16.4. The molecule has 0 spiro atoms. The summed E-state index contributed by atoms with van der Waals surface area (Å²) in [5.41, 5.74) is 11.7. The molecule has 0 unspecified atom stereocenters. The van der Waals surface area contributed by atoms with E-state index >= 15 is 0 Å². The minimum atomic E-state index is -1.64. The smallest absolute Gasteiger partial charge is 0.326 e. The Morgan fingerprint density at radius 3 is 1.43 bits per heavy atom. The van der Waals surface area contributed by atoms with Crippen LogP contribution in [-0.4, -0.2) is 129 Å². The molecular formula is C40H61N9O14. The van der Waals surface area contributed by atoms with Gasteiger partial charge in [0.1, 0.15) is 42.3 Å². The summed E-state index contributed by atoms with van der Waals surface area (Å²) in [6.07, 6.45) is -2.95. The fourth-order valence-corrected chi connectivity index (χ4v) is 5.70. The van der Waals surface area contributed by atoms with Crippen molar-refractivity contribution in [1.82, 2.24) is 37.2 Å². The van der Waals surface area contributed by atoms with Crippen molar-refractivity contribution < 1.29 is 68.1 Å². The largest absolute Gasteiger partial charge is 0.481 e. The summed E-state index contributed by atoms with van der Waals surface area (Å²) in [7, 11) is 0. The minimum absolute atomic E-state index is 0.0476. The van der Waals surface area contributed by atoms with Crippen molar-refractivity contribution in [3.8, 4) is 0 Å². The molecule has 0 saturated heterocycles. The molecule has 0 saturated carbocycles. The van der Waals surface area contributed by atoms with E-state index in [9.17, 15) is 63.0 Å². The van der Waals surface area contributed by atoms with Crippen LogP contribution in [0.1, 0.15) is 85.6 Å². The minimum Gasteiger partial charge on any atom is -0.481 e. The maximum atomic E-state index is 13.6. The lowest BCUT2D eigenvalue weighted by molar-refractivity contribution is -0.143. The first-order valence-corrected chi connectivity index (χ1v) is 20.2. The number of hydrogen-bond acceptors (Lipinski definition) is 12. The SMILES string of the molecule is CC(C)C[C@H](NC(=O)[C@H](CC(N)=O)NC(=O)[C@@H](N)C(C)C)C(=O)N[C@@H](C)C(=O)N[C@@H](C)C(=O)N[C@@H](CCC(=O)O)C(=O)N[C@@H](Cc1ccccc1)C(=O)N[C@@H](CCC(=O)O)C(=O)O. The molecule has 0 aliphatic carbocycles. The van der Waals surface area contributed by atoms with Crippen LogP contribution in [0.25, 0.3) is 0 Å². The van der Waals surface area contributed by atoms with Gasteiger partial charge in [0.25, 0.3) is 0 Å². The molecule has 0 aliphatic heterocycles. The van der Waals surface area contributed by atoms with Crippen LogP contribution in [0.5, 0.6) is 0 Å². The van der Waals surface area contributed by atoms with Crippen molar-refractivity contribution in [3.05, 3.63) is 35.9 Å². The first-order chi connectivity index (χ1) is 29.3. The van der Waals surface area contributed by atoms with Crippen LogP contribution in [0.4, 0.5) is 0 Å². The van der Waals surface area contributed by atoms with Crippen molar-refractivity contribution in [2.45, 2.75) is 135 Å². The Hall–Kier alpha value is -6.65. The van der Waals surface area contributed by atoms with Gasteiger partial charge in [-0.05, 0) is 50.5 Å².